The van der Waals surface area contributed by atoms with E-state index in [1.807, 2.05) is 68.4 Å². The third-order valence-electron chi connectivity index (χ3n) is 4.67. The van der Waals surface area contributed by atoms with Crippen molar-refractivity contribution in [2.75, 3.05) is 11.9 Å². The lowest BCUT2D eigenvalue weighted by atomic mass is 10.0. The summed E-state index contributed by atoms with van der Waals surface area (Å²) >= 11 is 6.31. The quantitative estimate of drug-likeness (QED) is 0.507. The van der Waals surface area contributed by atoms with Gasteiger partial charge in [-0.05, 0) is 36.5 Å². The molecule has 7 heteroatoms. The van der Waals surface area contributed by atoms with Crippen molar-refractivity contribution in [1.29, 1.82) is 0 Å². The molecule has 0 aliphatic heterocycles. The predicted molar refractivity (Wildman–Crippen MR) is 121 cm³/mol. The van der Waals surface area contributed by atoms with Crippen LogP contribution in [-0.2, 0) is 22.5 Å². The maximum absolute atomic E-state index is 12.5. The number of hydrogen-bond donors (Lipinski definition) is 1. The summed E-state index contributed by atoms with van der Waals surface area (Å²) in [6.45, 7) is 5.94. The lowest BCUT2D eigenvalue weighted by Gasteiger charge is -2.11. The summed E-state index contributed by atoms with van der Waals surface area (Å²) in [5.41, 5.74) is 3.47. The van der Waals surface area contributed by atoms with E-state index < -0.39 is 18.5 Å². The molecule has 1 aromatic heterocycles. The average molecular weight is 440 g/mol. The third kappa shape index (κ3) is 5.95. The summed E-state index contributed by atoms with van der Waals surface area (Å²) in [4.78, 5) is 24.9. The van der Waals surface area contributed by atoms with E-state index in [4.69, 9.17) is 16.3 Å². The highest BCUT2D eigenvalue weighted by Gasteiger charge is 2.23. The fraction of sp³-hybridized carbons (Fsp3) is 0.292. The van der Waals surface area contributed by atoms with Crippen molar-refractivity contribution in [1.82, 2.24) is 9.78 Å². The van der Waals surface area contributed by atoms with Crippen LogP contribution in [0.25, 0.3) is 0 Å². The van der Waals surface area contributed by atoms with Crippen LogP contribution in [0.2, 0.25) is 5.15 Å². The molecule has 1 heterocycles. The molecular formula is C24H26ClN3O3. The maximum Gasteiger partial charge on any atom is 0.343 e. The largest absolute Gasteiger partial charge is 0.452 e. The third-order valence-corrected chi connectivity index (χ3v) is 5.05. The maximum atomic E-state index is 12.5. The van der Waals surface area contributed by atoms with Gasteiger partial charge in [-0.2, -0.15) is 5.10 Å². The second-order valence-corrected chi connectivity index (χ2v) is 8.13. The number of para-hydroxylation sites is 1. The molecule has 0 saturated carbocycles. The number of ether oxygens (including phenoxy) is 1. The zero-order valence-electron chi connectivity index (χ0n) is 17.9. The molecule has 0 atom stereocenters. The Morgan fingerprint density at radius 3 is 2.48 bits per heavy atom. The number of nitrogens with zero attached hydrogens (tertiary/aromatic N) is 2. The highest BCUT2D eigenvalue weighted by Crippen LogP contribution is 2.22. The molecule has 162 valence electrons. The second-order valence-electron chi connectivity index (χ2n) is 7.77. The van der Waals surface area contributed by atoms with Crippen molar-refractivity contribution in [3.05, 3.63) is 82.1 Å². The summed E-state index contributed by atoms with van der Waals surface area (Å²) in [5.74, 6) is -0.759. The van der Waals surface area contributed by atoms with Crippen LogP contribution in [0.4, 0.5) is 5.69 Å². The number of nitrogens with one attached hydrogen (secondary N) is 1. The molecule has 0 unspecified atom stereocenters. The van der Waals surface area contributed by atoms with Gasteiger partial charge in [0.2, 0.25) is 0 Å². The van der Waals surface area contributed by atoms with E-state index in [-0.39, 0.29) is 10.7 Å². The van der Waals surface area contributed by atoms with E-state index in [0.29, 0.717) is 30.3 Å². The molecule has 3 aromatic rings. The van der Waals surface area contributed by atoms with Gasteiger partial charge in [0.15, 0.2) is 6.61 Å². The highest BCUT2D eigenvalue weighted by atomic mass is 35.5. The van der Waals surface area contributed by atoms with Gasteiger partial charge < -0.3 is 10.1 Å². The number of esters is 1. The Kier molecular flexibility index (Phi) is 7.47. The number of carbonyl (C=O) groups excluding carboxylic acids is 2. The summed E-state index contributed by atoms with van der Waals surface area (Å²) in [5, 5.41) is 7.36. The molecule has 1 N–H and O–H groups in total. The van der Waals surface area contributed by atoms with Gasteiger partial charge in [-0.1, -0.05) is 74.0 Å². The number of benzene rings is 2. The zero-order valence-corrected chi connectivity index (χ0v) is 18.6. The molecule has 2 aromatic carbocycles. The Bertz CT molecular complexity index is 1060. The summed E-state index contributed by atoms with van der Waals surface area (Å²) in [7, 11) is 0. The first-order valence-electron chi connectivity index (χ1n) is 10.2. The average Bonchev–Trinajstić information content (AvgIpc) is 3.01. The van der Waals surface area contributed by atoms with Crippen molar-refractivity contribution in [3.8, 4) is 0 Å². The normalized spacial score (nSPS) is 10.9. The van der Waals surface area contributed by atoms with Crippen LogP contribution in [0, 0.1) is 12.8 Å². The number of carbonyl (C=O) groups is 2. The molecule has 0 bridgehead atoms. The Morgan fingerprint density at radius 2 is 1.77 bits per heavy atom. The minimum absolute atomic E-state index is 0.194. The van der Waals surface area contributed by atoms with Gasteiger partial charge in [0, 0.05) is 12.2 Å². The van der Waals surface area contributed by atoms with Gasteiger partial charge in [-0.25, -0.2) is 4.79 Å². The predicted octanol–water partition coefficient (Wildman–Crippen LogP) is 4.89. The van der Waals surface area contributed by atoms with Gasteiger partial charge in [0.25, 0.3) is 5.91 Å². The molecule has 3 rings (SSSR count). The molecule has 0 radical (unpaired) electrons. The van der Waals surface area contributed by atoms with Crippen LogP contribution >= 0.6 is 11.6 Å². The van der Waals surface area contributed by atoms with E-state index in [2.05, 4.69) is 10.4 Å². The summed E-state index contributed by atoms with van der Waals surface area (Å²) in [6, 6.07) is 17.6. The smallest absolute Gasteiger partial charge is 0.343 e. The first kappa shape index (κ1) is 22.6. The minimum atomic E-state index is -0.662. The number of halogens is 1. The minimum Gasteiger partial charge on any atom is -0.452 e. The van der Waals surface area contributed by atoms with Gasteiger partial charge in [-0.3, -0.25) is 9.48 Å². The molecule has 31 heavy (non-hydrogen) atoms. The topological polar surface area (TPSA) is 73.2 Å². The van der Waals surface area contributed by atoms with Crippen LogP contribution in [0.3, 0.4) is 0 Å². The van der Waals surface area contributed by atoms with E-state index >= 15 is 0 Å². The first-order chi connectivity index (χ1) is 14.8. The Hall–Kier alpha value is -3.12. The van der Waals surface area contributed by atoms with Crippen molar-refractivity contribution >= 4 is 29.2 Å². The van der Waals surface area contributed by atoms with E-state index in [1.165, 1.54) is 0 Å². The van der Waals surface area contributed by atoms with Gasteiger partial charge >= 0.3 is 5.97 Å². The monoisotopic (exact) mass is 439 g/mol. The van der Waals surface area contributed by atoms with Gasteiger partial charge in [0.1, 0.15) is 10.7 Å². The van der Waals surface area contributed by atoms with Crippen molar-refractivity contribution in [2.24, 2.45) is 5.92 Å². The molecule has 6 nitrogen and oxygen atoms in total. The standard InChI is InChI=1S/C24H26ClN3O3/c1-16(2)14-28-23(25)22(17(3)27-28)24(30)31-15-21(29)26-20-12-8-7-11-19(20)13-18-9-5-4-6-10-18/h4-12,16H,13-15H2,1-3H3,(H,26,29). The highest BCUT2D eigenvalue weighted by molar-refractivity contribution is 6.32. The Morgan fingerprint density at radius 1 is 1.10 bits per heavy atom. The lowest BCUT2D eigenvalue weighted by Crippen LogP contribution is -2.22. The lowest BCUT2D eigenvalue weighted by molar-refractivity contribution is -0.119. The molecule has 0 aliphatic carbocycles. The fourth-order valence-electron chi connectivity index (χ4n) is 3.25. The molecule has 0 aliphatic rings. The second kappa shape index (κ2) is 10.3. The molecule has 1 amide bonds. The Labute approximate surface area is 187 Å². The SMILES string of the molecule is Cc1nn(CC(C)C)c(Cl)c1C(=O)OCC(=O)Nc1ccccc1Cc1ccccc1. The van der Waals surface area contributed by atoms with E-state index in [1.54, 1.807) is 11.6 Å². The summed E-state index contributed by atoms with van der Waals surface area (Å²) in [6.07, 6.45) is 0.681. The van der Waals surface area contributed by atoms with E-state index in [9.17, 15) is 9.59 Å². The fourth-order valence-corrected chi connectivity index (χ4v) is 3.57. The zero-order chi connectivity index (χ0) is 22.4. The van der Waals surface area contributed by atoms with Gasteiger partial charge in [-0.15, -0.1) is 0 Å². The Balaban J connectivity index is 1.62. The molecule has 0 fully saturated rings. The number of aryl methyl sites for hydroxylation is 1. The van der Waals surface area contributed by atoms with Crippen LogP contribution in [0.5, 0.6) is 0 Å². The number of hydrogen-bond acceptors (Lipinski definition) is 4. The summed E-state index contributed by atoms with van der Waals surface area (Å²) < 4.78 is 6.79. The van der Waals surface area contributed by atoms with Crippen LogP contribution in [-0.4, -0.2) is 28.3 Å². The van der Waals surface area contributed by atoms with Crippen molar-refractivity contribution in [3.63, 3.8) is 0 Å². The van der Waals surface area contributed by atoms with Gasteiger partial charge in [0.05, 0.1) is 5.69 Å². The molecular weight excluding hydrogens is 414 g/mol. The number of aromatic nitrogens is 2. The van der Waals surface area contributed by atoms with Crippen molar-refractivity contribution < 1.29 is 14.3 Å². The van der Waals surface area contributed by atoms with Crippen LogP contribution in [0.15, 0.2) is 54.6 Å². The number of amides is 1. The van der Waals surface area contributed by atoms with Crippen LogP contribution in [0.1, 0.15) is 41.0 Å². The molecule has 0 saturated heterocycles. The first-order valence-corrected chi connectivity index (χ1v) is 10.5. The number of rotatable bonds is 8. The number of anilines is 1. The molecule has 0 spiro atoms. The van der Waals surface area contributed by atoms with Crippen molar-refractivity contribution in [2.45, 2.75) is 33.7 Å². The van der Waals surface area contributed by atoms with Crippen LogP contribution < -0.4 is 5.32 Å². The van der Waals surface area contributed by atoms with E-state index in [0.717, 1.165) is 11.1 Å².